The van der Waals surface area contributed by atoms with Crippen LogP contribution in [0.5, 0.6) is 11.5 Å². The van der Waals surface area contributed by atoms with Gasteiger partial charge in [0.15, 0.2) is 0 Å². The molecule has 1 aliphatic rings. The fourth-order valence-electron chi connectivity index (χ4n) is 1.19. The zero-order valence-electron chi connectivity index (χ0n) is 7.68. The van der Waals surface area contributed by atoms with Crippen LogP contribution in [-0.2, 0) is 0 Å². The molecule has 0 unspecified atom stereocenters. The standard InChI is InChI=1S/C11H11NO2/c13-9-4-6-10(7-5-9)14-11-3-1-2-8-12-11/h1,3-7,13H,2,8H2. The van der Waals surface area contributed by atoms with Crippen molar-refractivity contribution in [3.05, 3.63) is 36.4 Å². The third-order valence-corrected chi connectivity index (χ3v) is 1.88. The Balaban J connectivity index is 2.07. The van der Waals surface area contributed by atoms with E-state index >= 15 is 0 Å². The molecular weight excluding hydrogens is 178 g/mol. The van der Waals surface area contributed by atoms with E-state index in [1.807, 2.05) is 12.2 Å². The molecule has 0 saturated carbocycles. The molecule has 14 heavy (non-hydrogen) atoms. The summed E-state index contributed by atoms with van der Waals surface area (Å²) in [5, 5.41) is 9.06. The van der Waals surface area contributed by atoms with E-state index in [0.29, 0.717) is 11.6 Å². The van der Waals surface area contributed by atoms with E-state index in [1.165, 1.54) is 0 Å². The van der Waals surface area contributed by atoms with Gasteiger partial charge in [0.05, 0.1) is 0 Å². The minimum Gasteiger partial charge on any atom is -0.508 e. The Morgan fingerprint density at radius 1 is 1.21 bits per heavy atom. The van der Waals surface area contributed by atoms with Crippen molar-refractivity contribution < 1.29 is 9.84 Å². The maximum absolute atomic E-state index is 9.06. The summed E-state index contributed by atoms with van der Waals surface area (Å²) in [6.07, 6.45) is 4.86. The number of hydrogen-bond donors (Lipinski definition) is 1. The maximum atomic E-state index is 9.06. The third kappa shape index (κ3) is 2.13. The molecule has 0 saturated heterocycles. The van der Waals surface area contributed by atoms with Crippen LogP contribution in [0, 0.1) is 0 Å². The van der Waals surface area contributed by atoms with Crippen molar-refractivity contribution in [3.63, 3.8) is 0 Å². The van der Waals surface area contributed by atoms with Crippen molar-refractivity contribution in [1.82, 2.24) is 0 Å². The van der Waals surface area contributed by atoms with Crippen LogP contribution >= 0.6 is 0 Å². The third-order valence-electron chi connectivity index (χ3n) is 1.88. The first-order valence-corrected chi connectivity index (χ1v) is 4.52. The van der Waals surface area contributed by atoms with Crippen molar-refractivity contribution in [2.45, 2.75) is 6.42 Å². The van der Waals surface area contributed by atoms with Gasteiger partial charge in [-0.3, -0.25) is 4.99 Å². The molecule has 1 N–H and O–H groups in total. The predicted molar refractivity (Wildman–Crippen MR) is 54.8 cm³/mol. The van der Waals surface area contributed by atoms with Crippen LogP contribution in [0.25, 0.3) is 0 Å². The normalized spacial score (nSPS) is 15.0. The molecule has 72 valence electrons. The Morgan fingerprint density at radius 3 is 2.64 bits per heavy atom. The number of nitrogens with zero attached hydrogens (tertiary/aromatic N) is 1. The summed E-state index contributed by atoms with van der Waals surface area (Å²) in [4.78, 5) is 4.19. The van der Waals surface area contributed by atoms with Crippen molar-refractivity contribution in [3.8, 4) is 11.5 Å². The van der Waals surface area contributed by atoms with Gasteiger partial charge in [-0.25, -0.2) is 0 Å². The van der Waals surface area contributed by atoms with Crippen molar-refractivity contribution in [2.75, 3.05) is 6.54 Å². The number of phenols is 1. The second-order valence-corrected chi connectivity index (χ2v) is 3.01. The zero-order valence-corrected chi connectivity index (χ0v) is 7.68. The molecule has 3 nitrogen and oxygen atoms in total. The highest BCUT2D eigenvalue weighted by atomic mass is 16.5. The molecule has 0 aliphatic carbocycles. The van der Waals surface area contributed by atoms with Crippen LogP contribution in [0.3, 0.4) is 0 Å². The number of aromatic hydroxyl groups is 1. The highest BCUT2D eigenvalue weighted by Gasteiger charge is 2.01. The van der Waals surface area contributed by atoms with Crippen molar-refractivity contribution in [2.24, 2.45) is 4.99 Å². The number of dihydropyridines is 1. The smallest absolute Gasteiger partial charge is 0.214 e. The van der Waals surface area contributed by atoms with E-state index in [-0.39, 0.29) is 5.75 Å². The van der Waals surface area contributed by atoms with Gasteiger partial charge in [-0.1, -0.05) is 6.08 Å². The van der Waals surface area contributed by atoms with Crippen LogP contribution in [-0.4, -0.2) is 17.5 Å². The van der Waals surface area contributed by atoms with Crippen LogP contribution in [0.1, 0.15) is 6.42 Å². The van der Waals surface area contributed by atoms with E-state index in [1.54, 1.807) is 24.3 Å². The Labute approximate surface area is 82.4 Å². The second kappa shape index (κ2) is 3.96. The Kier molecular flexibility index (Phi) is 2.49. The predicted octanol–water partition coefficient (Wildman–Crippen LogP) is 2.13. The largest absolute Gasteiger partial charge is 0.508 e. The first-order valence-electron chi connectivity index (χ1n) is 4.52. The number of ether oxygens (including phenoxy) is 1. The molecule has 0 bridgehead atoms. The number of phenolic OH excluding ortho intramolecular Hbond substituents is 1. The summed E-state index contributed by atoms with van der Waals surface area (Å²) >= 11 is 0. The van der Waals surface area contributed by atoms with Crippen molar-refractivity contribution in [1.29, 1.82) is 0 Å². The van der Waals surface area contributed by atoms with Gasteiger partial charge in [0, 0.05) is 6.54 Å². The second-order valence-electron chi connectivity index (χ2n) is 3.01. The Morgan fingerprint density at radius 2 is 2.00 bits per heavy atom. The topological polar surface area (TPSA) is 41.8 Å². The lowest BCUT2D eigenvalue weighted by atomic mass is 10.3. The molecule has 0 aromatic heterocycles. The molecule has 0 amide bonds. The lowest BCUT2D eigenvalue weighted by Gasteiger charge is -2.07. The summed E-state index contributed by atoms with van der Waals surface area (Å²) in [5.74, 6) is 1.55. The number of aliphatic imine (C=N–C) groups is 1. The van der Waals surface area contributed by atoms with Crippen LogP contribution < -0.4 is 4.74 Å². The Hall–Kier alpha value is -1.77. The molecule has 1 aromatic rings. The molecule has 0 radical (unpaired) electrons. The molecule has 0 atom stereocenters. The van der Waals surface area contributed by atoms with Crippen LogP contribution in [0.15, 0.2) is 41.4 Å². The lowest BCUT2D eigenvalue weighted by molar-refractivity contribution is 0.472. The zero-order chi connectivity index (χ0) is 9.80. The van der Waals surface area contributed by atoms with E-state index in [4.69, 9.17) is 9.84 Å². The fourth-order valence-corrected chi connectivity index (χ4v) is 1.19. The quantitative estimate of drug-likeness (QED) is 0.735. The van der Waals surface area contributed by atoms with E-state index in [0.717, 1.165) is 13.0 Å². The Bertz CT molecular complexity index is 365. The van der Waals surface area contributed by atoms with Crippen LogP contribution in [0.2, 0.25) is 0 Å². The van der Waals surface area contributed by atoms with Gasteiger partial charge in [0.25, 0.3) is 0 Å². The number of hydrogen-bond acceptors (Lipinski definition) is 3. The minimum atomic E-state index is 0.235. The van der Waals surface area contributed by atoms with Crippen LogP contribution in [0.4, 0.5) is 0 Å². The van der Waals surface area contributed by atoms with Gasteiger partial charge >= 0.3 is 0 Å². The molecule has 1 heterocycles. The number of benzene rings is 1. The molecule has 3 heteroatoms. The maximum Gasteiger partial charge on any atom is 0.214 e. The monoisotopic (exact) mass is 189 g/mol. The van der Waals surface area contributed by atoms with Gasteiger partial charge in [-0.2, -0.15) is 0 Å². The first kappa shape index (κ1) is 8.81. The molecular formula is C11H11NO2. The van der Waals surface area contributed by atoms with Gasteiger partial charge < -0.3 is 9.84 Å². The summed E-state index contributed by atoms with van der Waals surface area (Å²) in [6, 6.07) is 6.59. The first-order chi connectivity index (χ1) is 6.84. The van der Waals surface area contributed by atoms with E-state index < -0.39 is 0 Å². The summed E-state index contributed by atoms with van der Waals surface area (Å²) in [6.45, 7) is 0.782. The lowest BCUT2D eigenvalue weighted by Crippen LogP contribution is -2.08. The molecule has 0 spiro atoms. The minimum absolute atomic E-state index is 0.235. The van der Waals surface area contributed by atoms with Gasteiger partial charge in [-0.15, -0.1) is 0 Å². The highest BCUT2D eigenvalue weighted by molar-refractivity contribution is 5.90. The average molecular weight is 189 g/mol. The molecule has 1 aliphatic heterocycles. The molecule has 2 rings (SSSR count). The molecule has 1 aromatic carbocycles. The van der Waals surface area contributed by atoms with Gasteiger partial charge in [0.1, 0.15) is 11.5 Å². The SMILES string of the molecule is Oc1ccc(OC2=NCCC=C2)cc1. The summed E-state index contributed by atoms with van der Waals surface area (Å²) in [7, 11) is 0. The van der Waals surface area contributed by atoms with Gasteiger partial charge in [-0.05, 0) is 36.8 Å². The summed E-state index contributed by atoms with van der Waals surface area (Å²) < 4.78 is 5.46. The van der Waals surface area contributed by atoms with E-state index in [9.17, 15) is 0 Å². The average Bonchev–Trinajstić information content (AvgIpc) is 2.23. The fraction of sp³-hybridized carbons (Fsp3) is 0.182. The van der Waals surface area contributed by atoms with E-state index in [2.05, 4.69) is 4.99 Å². The number of rotatable bonds is 1. The highest BCUT2D eigenvalue weighted by Crippen LogP contribution is 2.16. The summed E-state index contributed by atoms with van der Waals surface area (Å²) in [5.41, 5.74) is 0. The van der Waals surface area contributed by atoms with Crippen molar-refractivity contribution >= 4 is 5.90 Å². The van der Waals surface area contributed by atoms with Gasteiger partial charge in [0.2, 0.25) is 5.90 Å². The molecule has 0 fully saturated rings.